The second-order valence-electron chi connectivity index (χ2n) is 5.51. The smallest absolute Gasteiger partial charge is 0.163 e. The van der Waals surface area contributed by atoms with Crippen molar-refractivity contribution >= 4 is 11.4 Å². The monoisotopic (exact) mass is 330 g/mol. The van der Waals surface area contributed by atoms with E-state index in [2.05, 4.69) is 0 Å². The summed E-state index contributed by atoms with van der Waals surface area (Å²) in [5.74, 6) is 2.68. The fourth-order valence-electron chi connectivity index (χ4n) is 2.36. The van der Waals surface area contributed by atoms with Gasteiger partial charge in [0.05, 0.1) is 26.4 Å². The third kappa shape index (κ3) is 4.16. The van der Waals surface area contributed by atoms with Gasteiger partial charge in [-0.25, -0.2) is 0 Å². The fourth-order valence-corrected chi connectivity index (χ4v) is 2.36. The molecular formula is C18H22N2O4. The van der Waals surface area contributed by atoms with Gasteiger partial charge < -0.3 is 30.4 Å². The SMILES string of the molecule is Nc1ccc2c(c1)OCCCOc1cc(N)ccc1OCCCO2. The highest BCUT2D eigenvalue weighted by atomic mass is 16.5. The Morgan fingerprint density at radius 3 is 1.33 bits per heavy atom. The van der Waals surface area contributed by atoms with Gasteiger partial charge in [0.2, 0.25) is 0 Å². The molecule has 1 heterocycles. The molecule has 6 nitrogen and oxygen atoms in total. The Morgan fingerprint density at radius 1 is 0.542 bits per heavy atom. The maximum atomic E-state index is 5.82. The minimum absolute atomic E-state index is 0.498. The first-order valence-electron chi connectivity index (χ1n) is 8.02. The van der Waals surface area contributed by atoms with Gasteiger partial charge in [-0.2, -0.15) is 0 Å². The minimum Gasteiger partial charge on any atom is -0.490 e. The quantitative estimate of drug-likeness (QED) is 0.722. The molecule has 0 spiro atoms. The average molecular weight is 330 g/mol. The Hall–Kier alpha value is -2.76. The van der Waals surface area contributed by atoms with E-state index in [4.69, 9.17) is 30.4 Å². The summed E-state index contributed by atoms with van der Waals surface area (Å²) in [6.45, 7) is 2.04. The molecule has 1 aliphatic rings. The zero-order chi connectivity index (χ0) is 16.8. The number of hydrogen-bond donors (Lipinski definition) is 2. The molecule has 0 saturated carbocycles. The number of hydrogen-bond acceptors (Lipinski definition) is 6. The van der Waals surface area contributed by atoms with E-state index in [9.17, 15) is 0 Å². The Kier molecular flexibility index (Phi) is 5.15. The molecule has 0 bridgehead atoms. The summed E-state index contributed by atoms with van der Waals surface area (Å²) >= 11 is 0. The van der Waals surface area contributed by atoms with Gasteiger partial charge in [-0.3, -0.25) is 0 Å². The molecule has 0 aromatic heterocycles. The van der Waals surface area contributed by atoms with Crippen molar-refractivity contribution in [3.8, 4) is 23.0 Å². The molecule has 24 heavy (non-hydrogen) atoms. The van der Waals surface area contributed by atoms with Crippen LogP contribution in [-0.4, -0.2) is 26.4 Å². The van der Waals surface area contributed by atoms with Crippen LogP contribution in [-0.2, 0) is 0 Å². The molecule has 6 heteroatoms. The Morgan fingerprint density at radius 2 is 0.917 bits per heavy atom. The van der Waals surface area contributed by atoms with Gasteiger partial charge in [0.25, 0.3) is 0 Å². The summed E-state index contributed by atoms with van der Waals surface area (Å²) in [5, 5.41) is 0. The van der Waals surface area contributed by atoms with Crippen molar-refractivity contribution < 1.29 is 18.9 Å². The zero-order valence-corrected chi connectivity index (χ0v) is 13.5. The normalized spacial score (nSPS) is 15.3. The number of rotatable bonds is 0. The molecule has 3 rings (SSSR count). The first kappa shape index (κ1) is 16.1. The van der Waals surface area contributed by atoms with Gasteiger partial charge >= 0.3 is 0 Å². The second kappa shape index (κ2) is 7.68. The first-order valence-corrected chi connectivity index (χ1v) is 8.02. The van der Waals surface area contributed by atoms with Gasteiger partial charge in [0.1, 0.15) is 0 Å². The number of nitrogen functional groups attached to an aromatic ring is 2. The first-order chi connectivity index (χ1) is 11.7. The molecule has 0 unspecified atom stereocenters. The molecule has 1 aliphatic heterocycles. The van der Waals surface area contributed by atoms with Crippen LogP contribution in [0.15, 0.2) is 36.4 Å². The van der Waals surface area contributed by atoms with Crippen molar-refractivity contribution in [2.24, 2.45) is 0 Å². The Bertz CT molecular complexity index is 633. The van der Waals surface area contributed by atoms with E-state index in [1.807, 2.05) is 12.1 Å². The lowest BCUT2D eigenvalue weighted by atomic mass is 10.2. The molecule has 0 saturated heterocycles. The number of anilines is 2. The summed E-state index contributed by atoms with van der Waals surface area (Å²) in [6, 6.07) is 10.8. The van der Waals surface area contributed by atoms with Gasteiger partial charge in [-0.15, -0.1) is 0 Å². The summed E-state index contributed by atoms with van der Waals surface area (Å²) in [4.78, 5) is 0. The van der Waals surface area contributed by atoms with Crippen molar-refractivity contribution in [1.82, 2.24) is 0 Å². The third-order valence-corrected chi connectivity index (χ3v) is 3.54. The minimum atomic E-state index is 0.498. The van der Waals surface area contributed by atoms with Gasteiger partial charge in [0.15, 0.2) is 23.0 Å². The summed E-state index contributed by atoms with van der Waals surface area (Å²) in [7, 11) is 0. The fraction of sp³-hybridized carbons (Fsp3) is 0.333. The van der Waals surface area contributed by atoms with Crippen LogP contribution in [0, 0.1) is 0 Å². The second-order valence-corrected chi connectivity index (χ2v) is 5.51. The third-order valence-electron chi connectivity index (χ3n) is 3.54. The zero-order valence-electron chi connectivity index (χ0n) is 13.5. The maximum Gasteiger partial charge on any atom is 0.163 e. The Balaban J connectivity index is 1.71. The predicted molar refractivity (Wildman–Crippen MR) is 92.9 cm³/mol. The average Bonchev–Trinajstić information content (AvgIpc) is 2.57. The van der Waals surface area contributed by atoms with Crippen LogP contribution in [0.4, 0.5) is 11.4 Å². The van der Waals surface area contributed by atoms with Crippen LogP contribution in [0.2, 0.25) is 0 Å². The van der Waals surface area contributed by atoms with Gasteiger partial charge in [-0.05, 0) is 24.3 Å². The lowest BCUT2D eigenvalue weighted by Gasteiger charge is -2.17. The lowest BCUT2D eigenvalue weighted by Crippen LogP contribution is -2.10. The molecule has 4 N–H and O–H groups in total. The van der Waals surface area contributed by atoms with Crippen LogP contribution >= 0.6 is 0 Å². The highest BCUT2D eigenvalue weighted by Crippen LogP contribution is 2.31. The van der Waals surface area contributed by atoms with Crippen LogP contribution in [0.5, 0.6) is 23.0 Å². The number of fused-ring (bicyclic) bond motifs is 2. The van der Waals surface area contributed by atoms with E-state index in [1.165, 1.54) is 0 Å². The van der Waals surface area contributed by atoms with Crippen LogP contribution in [0.25, 0.3) is 0 Å². The molecule has 0 radical (unpaired) electrons. The van der Waals surface area contributed by atoms with Crippen molar-refractivity contribution in [3.63, 3.8) is 0 Å². The molecular weight excluding hydrogens is 308 g/mol. The highest BCUT2D eigenvalue weighted by molar-refractivity contribution is 5.52. The highest BCUT2D eigenvalue weighted by Gasteiger charge is 2.09. The van der Waals surface area contributed by atoms with Crippen LogP contribution < -0.4 is 30.4 Å². The summed E-state index contributed by atoms with van der Waals surface area (Å²) < 4.78 is 23.1. The Labute approximate surface area is 141 Å². The summed E-state index contributed by atoms with van der Waals surface area (Å²) in [6.07, 6.45) is 1.44. The number of nitrogens with two attached hydrogens (primary N) is 2. The van der Waals surface area contributed by atoms with Gasteiger partial charge in [-0.1, -0.05) is 0 Å². The summed E-state index contributed by atoms with van der Waals surface area (Å²) in [5.41, 5.74) is 12.9. The molecule has 128 valence electrons. The lowest BCUT2D eigenvalue weighted by molar-refractivity contribution is 0.203. The van der Waals surface area contributed by atoms with Gasteiger partial charge in [0, 0.05) is 36.3 Å². The largest absolute Gasteiger partial charge is 0.490 e. The predicted octanol–water partition coefficient (Wildman–Crippen LogP) is 2.86. The maximum absolute atomic E-state index is 5.82. The van der Waals surface area contributed by atoms with E-state index in [-0.39, 0.29) is 0 Å². The number of ether oxygens (including phenoxy) is 4. The van der Waals surface area contributed by atoms with E-state index in [0.29, 0.717) is 67.2 Å². The van der Waals surface area contributed by atoms with Crippen LogP contribution in [0.1, 0.15) is 12.8 Å². The van der Waals surface area contributed by atoms with Crippen molar-refractivity contribution in [3.05, 3.63) is 36.4 Å². The molecule has 0 fully saturated rings. The molecule has 0 amide bonds. The standard InChI is InChI=1S/C18H22N2O4/c19-13-3-5-15-17(11-13)23-9-2-10-24-18-12-14(20)4-6-16(18)22-8-1-7-21-15/h3-6,11-12H,1-2,7-10,19-20H2. The van der Waals surface area contributed by atoms with E-state index >= 15 is 0 Å². The topological polar surface area (TPSA) is 89.0 Å². The van der Waals surface area contributed by atoms with Crippen LogP contribution in [0.3, 0.4) is 0 Å². The van der Waals surface area contributed by atoms with Crippen molar-refractivity contribution in [1.29, 1.82) is 0 Å². The van der Waals surface area contributed by atoms with E-state index in [0.717, 1.165) is 6.42 Å². The van der Waals surface area contributed by atoms with Crippen molar-refractivity contribution in [2.45, 2.75) is 12.8 Å². The number of benzene rings is 2. The van der Waals surface area contributed by atoms with E-state index in [1.54, 1.807) is 24.3 Å². The van der Waals surface area contributed by atoms with E-state index < -0.39 is 0 Å². The molecule has 0 aliphatic carbocycles. The molecule has 2 aromatic rings. The molecule has 2 aromatic carbocycles. The molecule has 0 atom stereocenters. The van der Waals surface area contributed by atoms with Crippen molar-refractivity contribution in [2.75, 3.05) is 37.9 Å².